The second-order valence-electron chi connectivity index (χ2n) is 8.32. The topological polar surface area (TPSA) is 105 Å². The van der Waals surface area contributed by atoms with Gasteiger partial charge < -0.3 is 10.1 Å². The first-order valence-electron chi connectivity index (χ1n) is 10.7. The Morgan fingerprint density at radius 3 is 2.69 bits per heavy atom. The number of hydrogen-bond acceptors (Lipinski definition) is 7. The highest BCUT2D eigenvalue weighted by Crippen LogP contribution is 2.24. The van der Waals surface area contributed by atoms with Gasteiger partial charge in [0.15, 0.2) is 5.65 Å². The zero-order chi connectivity index (χ0) is 22.2. The molecule has 1 N–H and O–H groups in total. The number of ether oxygens (including phenoxy) is 1. The maximum atomic E-state index is 12.8. The first-order chi connectivity index (χ1) is 15.5. The van der Waals surface area contributed by atoms with Gasteiger partial charge in [-0.2, -0.15) is 10.1 Å². The van der Waals surface area contributed by atoms with Crippen LogP contribution in [-0.4, -0.2) is 47.1 Å². The van der Waals surface area contributed by atoms with Crippen molar-refractivity contribution in [3.63, 3.8) is 0 Å². The third-order valence-electron chi connectivity index (χ3n) is 6.02. The molecule has 166 valence electrons. The average molecular weight is 435 g/mol. The number of nitrogens with zero attached hydrogens (tertiary/aromatic N) is 7. The minimum Gasteiger partial charge on any atom is -0.381 e. The third-order valence-corrected chi connectivity index (χ3v) is 6.02. The molecule has 4 aromatic heterocycles. The van der Waals surface area contributed by atoms with Crippen molar-refractivity contribution in [1.29, 1.82) is 0 Å². The highest BCUT2D eigenvalue weighted by molar-refractivity contribution is 5.73. The number of aryl methyl sites for hydroxylation is 3. The van der Waals surface area contributed by atoms with E-state index in [4.69, 9.17) is 9.72 Å². The summed E-state index contributed by atoms with van der Waals surface area (Å²) in [4.78, 5) is 26.5. The molecule has 32 heavy (non-hydrogen) atoms. The van der Waals surface area contributed by atoms with Crippen molar-refractivity contribution < 1.29 is 4.74 Å². The van der Waals surface area contributed by atoms with Gasteiger partial charge in [-0.15, -0.1) is 0 Å². The van der Waals surface area contributed by atoms with Crippen LogP contribution in [0.3, 0.4) is 0 Å². The summed E-state index contributed by atoms with van der Waals surface area (Å²) >= 11 is 0. The fourth-order valence-electron chi connectivity index (χ4n) is 4.11. The Kier molecular flexibility index (Phi) is 5.22. The van der Waals surface area contributed by atoms with Gasteiger partial charge in [0.2, 0.25) is 5.95 Å². The van der Waals surface area contributed by atoms with Crippen LogP contribution in [0.2, 0.25) is 0 Å². The molecular formula is C22H26N8O2. The molecule has 1 saturated heterocycles. The quantitative estimate of drug-likeness (QED) is 0.514. The first-order valence-corrected chi connectivity index (χ1v) is 10.7. The molecule has 0 atom stereocenters. The number of aromatic nitrogens is 7. The van der Waals surface area contributed by atoms with Crippen LogP contribution in [0.5, 0.6) is 0 Å². The van der Waals surface area contributed by atoms with Gasteiger partial charge in [-0.1, -0.05) is 0 Å². The summed E-state index contributed by atoms with van der Waals surface area (Å²) in [5.41, 5.74) is 4.92. The van der Waals surface area contributed by atoms with Crippen LogP contribution in [-0.2, 0) is 25.4 Å². The zero-order valence-electron chi connectivity index (χ0n) is 18.4. The Balaban J connectivity index is 1.44. The molecule has 0 aliphatic carbocycles. The van der Waals surface area contributed by atoms with Crippen LogP contribution in [0.1, 0.15) is 18.4 Å². The fourth-order valence-corrected chi connectivity index (χ4v) is 4.11. The van der Waals surface area contributed by atoms with E-state index in [-0.39, 0.29) is 5.69 Å². The van der Waals surface area contributed by atoms with Crippen LogP contribution in [0, 0.1) is 12.8 Å². The summed E-state index contributed by atoms with van der Waals surface area (Å²) in [6, 6.07) is 2.00. The molecule has 0 radical (unpaired) electrons. The molecule has 1 fully saturated rings. The van der Waals surface area contributed by atoms with Crippen molar-refractivity contribution in [2.45, 2.75) is 26.3 Å². The van der Waals surface area contributed by atoms with Crippen LogP contribution in [0.4, 0.5) is 11.6 Å². The van der Waals surface area contributed by atoms with E-state index in [0.29, 0.717) is 24.1 Å². The summed E-state index contributed by atoms with van der Waals surface area (Å²) in [7, 11) is 3.64. The zero-order valence-corrected chi connectivity index (χ0v) is 18.4. The van der Waals surface area contributed by atoms with Crippen molar-refractivity contribution in [3.05, 3.63) is 46.9 Å². The van der Waals surface area contributed by atoms with Gasteiger partial charge in [-0.3, -0.25) is 18.8 Å². The maximum Gasteiger partial charge on any atom is 0.330 e. The van der Waals surface area contributed by atoms with Crippen molar-refractivity contribution >= 4 is 22.8 Å². The summed E-state index contributed by atoms with van der Waals surface area (Å²) in [6.07, 6.45) is 9.09. The van der Waals surface area contributed by atoms with Gasteiger partial charge >= 0.3 is 5.69 Å². The van der Waals surface area contributed by atoms with E-state index in [0.717, 1.165) is 54.1 Å². The van der Waals surface area contributed by atoms with Gasteiger partial charge in [0.05, 0.1) is 30.0 Å². The minimum absolute atomic E-state index is 0.0726. The van der Waals surface area contributed by atoms with Crippen molar-refractivity contribution in [3.8, 4) is 11.3 Å². The molecule has 5 heterocycles. The number of pyridine rings is 1. The second kappa shape index (κ2) is 8.19. The molecule has 10 nitrogen and oxygen atoms in total. The largest absolute Gasteiger partial charge is 0.381 e. The molecule has 0 spiro atoms. The highest BCUT2D eigenvalue weighted by Gasteiger charge is 2.20. The molecule has 0 amide bonds. The maximum absolute atomic E-state index is 12.8. The molecular weight excluding hydrogens is 408 g/mol. The number of fused-ring (bicyclic) bond motifs is 1. The lowest BCUT2D eigenvalue weighted by Crippen LogP contribution is -2.28. The predicted molar refractivity (Wildman–Crippen MR) is 121 cm³/mol. The fraction of sp³-hybridized carbons (Fsp3) is 0.409. The lowest BCUT2D eigenvalue weighted by Gasteiger charge is -2.22. The van der Waals surface area contributed by atoms with E-state index < -0.39 is 0 Å². The van der Waals surface area contributed by atoms with E-state index in [1.807, 2.05) is 26.2 Å². The molecule has 1 aliphatic heterocycles. The SMILES string of the molecule is Cc1cc(-c2cnn(C)c2)ncc1Nc1ncc2c(n1)n(CC1CCOCC1)c(=O)n2C. The smallest absolute Gasteiger partial charge is 0.330 e. The van der Waals surface area contributed by atoms with E-state index >= 15 is 0 Å². The average Bonchev–Trinajstić information content (AvgIpc) is 3.33. The first kappa shape index (κ1) is 20.4. The normalized spacial score (nSPS) is 14.8. The van der Waals surface area contributed by atoms with Crippen LogP contribution < -0.4 is 11.0 Å². The summed E-state index contributed by atoms with van der Waals surface area (Å²) in [5, 5.41) is 7.46. The number of anilines is 2. The molecule has 1 aliphatic rings. The molecule has 5 rings (SSSR count). The number of rotatable bonds is 5. The van der Waals surface area contributed by atoms with Crippen molar-refractivity contribution in [2.75, 3.05) is 18.5 Å². The van der Waals surface area contributed by atoms with E-state index in [1.165, 1.54) is 0 Å². The van der Waals surface area contributed by atoms with Crippen LogP contribution >= 0.6 is 0 Å². The second-order valence-corrected chi connectivity index (χ2v) is 8.32. The van der Waals surface area contributed by atoms with Gasteiger partial charge in [0.1, 0.15) is 5.52 Å². The molecule has 0 unspecified atom stereocenters. The molecule has 0 bridgehead atoms. The Morgan fingerprint density at radius 2 is 1.97 bits per heavy atom. The minimum atomic E-state index is -0.0726. The Morgan fingerprint density at radius 1 is 1.16 bits per heavy atom. The third kappa shape index (κ3) is 3.77. The Labute approximate surface area is 184 Å². The summed E-state index contributed by atoms with van der Waals surface area (Å²) < 4.78 is 10.6. The number of nitrogens with one attached hydrogen (secondary N) is 1. The van der Waals surface area contributed by atoms with Gasteiger partial charge in [-0.25, -0.2) is 9.78 Å². The Hall–Kier alpha value is -3.53. The summed E-state index contributed by atoms with van der Waals surface area (Å²) in [6.45, 7) is 4.13. The molecule has 0 saturated carbocycles. The lowest BCUT2D eigenvalue weighted by molar-refractivity contribution is 0.0612. The molecule has 0 aromatic carbocycles. The molecule has 4 aromatic rings. The van der Waals surface area contributed by atoms with Gasteiger partial charge in [0, 0.05) is 45.6 Å². The Bertz CT molecular complexity index is 1330. The van der Waals surface area contributed by atoms with Crippen LogP contribution in [0.15, 0.2) is 35.6 Å². The van der Waals surface area contributed by atoms with E-state index in [1.54, 1.807) is 39.5 Å². The van der Waals surface area contributed by atoms with E-state index in [2.05, 4.69) is 20.4 Å². The van der Waals surface area contributed by atoms with Gasteiger partial charge in [0.25, 0.3) is 0 Å². The van der Waals surface area contributed by atoms with Gasteiger partial charge in [-0.05, 0) is 37.3 Å². The molecule has 10 heteroatoms. The monoisotopic (exact) mass is 434 g/mol. The summed E-state index contributed by atoms with van der Waals surface area (Å²) in [5.74, 6) is 0.841. The number of hydrogen-bond donors (Lipinski definition) is 1. The van der Waals surface area contributed by atoms with Crippen molar-refractivity contribution in [2.24, 2.45) is 20.0 Å². The highest BCUT2D eigenvalue weighted by atomic mass is 16.5. The van der Waals surface area contributed by atoms with Crippen LogP contribution in [0.25, 0.3) is 22.4 Å². The number of imidazole rings is 1. The lowest BCUT2D eigenvalue weighted by atomic mass is 10.0. The van der Waals surface area contributed by atoms with E-state index in [9.17, 15) is 4.79 Å². The standard InChI is InChI=1S/C22H26N8O2/c1-14-8-17(16-9-25-28(2)13-16)23-10-18(14)26-21-24-11-19-20(27-21)30(22(31)29(19)3)12-15-4-6-32-7-5-15/h8-11,13,15H,4-7,12H2,1-3H3,(H,24,26,27). The van der Waals surface area contributed by atoms with Crippen molar-refractivity contribution in [1.82, 2.24) is 33.9 Å². The predicted octanol–water partition coefficient (Wildman–Crippen LogP) is 2.40.